The maximum Gasteiger partial charge on any atom is 0.264 e. The first kappa shape index (κ1) is 30.3. The second kappa shape index (κ2) is 11.5. The van der Waals surface area contributed by atoms with E-state index in [1.807, 2.05) is 18.2 Å². The summed E-state index contributed by atoms with van der Waals surface area (Å²) < 4.78 is 34.8. The molecule has 4 aliphatic rings. The topological polar surface area (TPSA) is 101 Å². The van der Waals surface area contributed by atoms with Crippen LogP contribution in [0.25, 0.3) is 22.2 Å². The molecular formula is C35H44N4O5S. The predicted octanol–water partition coefficient (Wildman–Crippen LogP) is 5.10. The van der Waals surface area contributed by atoms with E-state index in [9.17, 15) is 18.0 Å². The Hall–Kier alpha value is -3.37. The predicted molar refractivity (Wildman–Crippen MR) is 175 cm³/mol. The summed E-state index contributed by atoms with van der Waals surface area (Å²) in [5, 5.41) is 1.09. The molecule has 9 nitrogen and oxygen atoms in total. The molecule has 2 atom stereocenters. The molecule has 1 N–H and O–H groups in total. The molecule has 0 bridgehead atoms. The number of ether oxygens (including phenoxy) is 1. The van der Waals surface area contributed by atoms with E-state index in [1.165, 1.54) is 37.3 Å². The minimum absolute atomic E-state index is 0.0754. The van der Waals surface area contributed by atoms with Crippen molar-refractivity contribution in [3.63, 3.8) is 0 Å². The molecule has 0 spiro atoms. The fourth-order valence-corrected chi connectivity index (χ4v) is 8.80. The number of carbonyl (C=O) groups is 2. The van der Waals surface area contributed by atoms with Crippen LogP contribution >= 0.6 is 0 Å². The summed E-state index contributed by atoms with van der Waals surface area (Å²) in [6, 6.07) is 11.9. The highest BCUT2D eigenvalue weighted by Crippen LogP contribution is 2.66. The summed E-state index contributed by atoms with van der Waals surface area (Å²) >= 11 is 0. The van der Waals surface area contributed by atoms with Gasteiger partial charge in [0.05, 0.1) is 24.0 Å². The van der Waals surface area contributed by atoms with E-state index >= 15 is 0 Å². The van der Waals surface area contributed by atoms with E-state index in [4.69, 9.17) is 4.74 Å². The largest absolute Gasteiger partial charge is 0.497 e. The number of fused-ring (bicyclic) bond motifs is 7. The van der Waals surface area contributed by atoms with E-state index in [2.05, 4.69) is 38.3 Å². The normalized spacial score (nSPS) is 23.8. The monoisotopic (exact) mass is 632 g/mol. The second-order valence-corrected chi connectivity index (χ2v) is 15.6. The Morgan fingerprint density at radius 3 is 2.56 bits per heavy atom. The average molecular weight is 633 g/mol. The first-order valence-electron chi connectivity index (χ1n) is 16.5. The van der Waals surface area contributed by atoms with Crippen LogP contribution < -0.4 is 9.46 Å². The number of benzene rings is 2. The third-order valence-corrected chi connectivity index (χ3v) is 12.1. The van der Waals surface area contributed by atoms with Gasteiger partial charge in [0.2, 0.25) is 15.9 Å². The number of nitrogens with zero attached hydrogens (tertiary/aromatic N) is 3. The average Bonchev–Trinajstić information content (AvgIpc) is 3.77. The lowest BCUT2D eigenvalue weighted by atomic mass is 9.81. The van der Waals surface area contributed by atoms with Gasteiger partial charge in [0.25, 0.3) is 5.91 Å². The van der Waals surface area contributed by atoms with Crippen molar-refractivity contribution in [2.75, 3.05) is 46.1 Å². The highest BCUT2D eigenvalue weighted by Gasteiger charge is 2.63. The van der Waals surface area contributed by atoms with Gasteiger partial charge in [0, 0.05) is 54.1 Å². The van der Waals surface area contributed by atoms with Crippen molar-refractivity contribution in [3.8, 4) is 17.0 Å². The fourth-order valence-electron chi connectivity index (χ4n) is 8.26. The Kier molecular flexibility index (Phi) is 7.71. The number of amides is 2. The summed E-state index contributed by atoms with van der Waals surface area (Å²) in [4.78, 5) is 32.2. The van der Waals surface area contributed by atoms with Crippen molar-refractivity contribution in [1.29, 1.82) is 0 Å². The molecular weight excluding hydrogens is 588 g/mol. The van der Waals surface area contributed by atoms with Crippen LogP contribution in [0.5, 0.6) is 5.75 Å². The molecule has 7 rings (SSSR count). The SMILES string of the molecule is CCS(=O)(=O)NC(=O)c1ccc2c(C3CCCCC3)c3n(c2c1)CC1(C(=O)N2CCCN(C)CC2)CC1c1cc(OC)ccc1-3. The Morgan fingerprint density at radius 2 is 1.80 bits per heavy atom. The van der Waals surface area contributed by atoms with Gasteiger partial charge in [-0.3, -0.25) is 9.59 Å². The van der Waals surface area contributed by atoms with Crippen LogP contribution in [-0.4, -0.2) is 80.7 Å². The third-order valence-electron chi connectivity index (χ3n) is 10.8. The van der Waals surface area contributed by atoms with Gasteiger partial charge in [-0.1, -0.05) is 25.3 Å². The first-order chi connectivity index (χ1) is 21.7. The number of aromatic nitrogens is 1. The minimum atomic E-state index is -3.72. The number of likely N-dealkylation sites (N-methyl/N-ethyl adjacent to an activating group) is 1. The van der Waals surface area contributed by atoms with Crippen LogP contribution in [0.15, 0.2) is 36.4 Å². The summed E-state index contributed by atoms with van der Waals surface area (Å²) in [6.07, 6.45) is 7.51. The quantitative estimate of drug-likeness (QED) is 0.406. The van der Waals surface area contributed by atoms with Gasteiger partial charge in [-0.15, -0.1) is 0 Å². The molecule has 2 saturated carbocycles. The molecule has 1 aromatic heterocycles. The van der Waals surface area contributed by atoms with Crippen LogP contribution in [0.1, 0.15) is 85.2 Å². The van der Waals surface area contributed by atoms with Crippen molar-refractivity contribution in [1.82, 2.24) is 19.1 Å². The smallest absolute Gasteiger partial charge is 0.264 e. The number of carbonyl (C=O) groups excluding carboxylic acids is 2. The number of sulfonamides is 1. The lowest BCUT2D eigenvalue weighted by Gasteiger charge is -2.27. The van der Waals surface area contributed by atoms with E-state index in [-0.39, 0.29) is 17.6 Å². The van der Waals surface area contributed by atoms with E-state index in [0.717, 1.165) is 79.8 Å². The fraction of sp³-hybridized carbons (Fsp3) is 0.543. The second-order valence-electron chi connectivity index (χ2n) is 13.6. The van der Waals surface area contributed by atoms with Crippen molar-refractivity contribution >= 4 is 32.7 Å². The third kappa shape index (κ3) is 5.23. The van der Waals surface area contributed by atoms with Crippen LogP contribution in [0.4, 0.5) is 0 Å². The van der Waals surface area contributed by atoms with Crippen molar-refractivity contribution in [2.45, 2.75) is 70.3 Å². The van der Waals surface area contributed by atoms with Gasteiger partial charge in [0.1, 0.15) is 5.75 Å². The lowest BCUT2D eigenvalue weighted by molar-refractivity contribution is -0.137. The highest BCUT2D eigenvalue weighted by atomic mass is 32.2. The van der Waals surface area contributed by atoms with Gasteiger partial charge in [0.15, 0.2) is 0 Å². The van der Waals surface area contributed by atoms with E-state index < -0.39 is 21.3 Å². The van der Waals surface area contributed by atoms with Crippen molar-refractivity contribution < 1.29 is 22.7 Å². The Labute approximate surface area is 265 Å². The van der Waals surface area contributed by atoms with Crippen molar-refractivity contribution in [3.05, 3.63) is 53.1 Å². The zero-order chi connectivity index (χ0) is 31.5. The van der Waals surface area contributed by atoms with E-state index in [0.29, 0.717) is 18.0 Å². The summed E-state index contributed by atoms with van der Waals surface area (Å²) in [5.74, 6) is 0.648. The molecule has 2 unspecified atom stereocenters. The molecule has 2 amide bonds. The molecule has 2 aliphatic carbocycles. The first-order valence-corrected chi connectivity index (χ1v) is 18.2. The summed E-state index contributed by atoms with van der Waals surface area (Å²) in [7, 11) is 0.0875. The van der Waals surface area contributed by atoms with Gasteiger partial charge < -0.3 is 19.1 Å². The van der Waals surface area contributed by atoms with Crippen LogP contribution in [-0.2, 0) is 21.4 Å². The molecule has 45 heavy (non-hydrogen) atoms. The van der Waals surface area contributed by atoms with Crippen LogP contribution in [0, 0.1) is 5.41 Å². The summed E-state index contributed by atoms with van der Waals surface area (Å²) in [6.45, 7) is 5.36. The zero-order valence-corrected chi connectivity index (χ0v) is 27.4. The molecule has 3 fully saturated rings. The maximum atomic E-state index is 14.6. The Morgan fingerprint density at radius 1 is 1.00 bits per heavy atom. The van der Waals surface area contributed by atoms with E-state index in [1.54, 1.807) is 13.2 Å². The molecule has 0 radical (unpaired) electrons. The molecule has 2 aliphatic heterocycles. The minimum Gasteiger partial charge on any atom is -0.497 e. The standard InChI is InChI=1S/C35H44N4O5S/c1-4-45(42,43)36-33(40)24-11-13-27-30(19-24)39-22-35(34(41)38-16-8-15-37(2)17-18-38)21-29(35)28-20-25(44-3)12-14-26(28)32(39)31(27)23-9-6-5-7-10-23/h11-14,19-20,23,29H,4-10,15-18,21-22H2,1-3H3,(H,36,40). The number of methoxy groups -OCH3 is 1. The maximum absolute atomic E-state index is 14.6. The zero-order valence-electron chi connectivity index (χ0n) is 26.6. The molecule has 240 valence electrons. The Balaban J connectivity index is 1.43. The summed E-state index contributed by atoms with van der Waals surface area (Å²) in [5.41, 5.74) is 5.35. The highest BCUT2D eigenvalue weighted by molar-refractivity contribution is 7.90. The van der Waals surface area contributed by atoms with Gasteiger partial charge in [-0.25, -0.2) is 13.1 Å². The van der Waals surface area contributed by atoms with Gasteiger partial charge in [-0.2, -0.15) is 0 Å². The molecule has 1 saturated heterocycles. The lowest BCUT2D eigenvalue weighted by Crippen LogP contribution is -2.41. The van der Waals surface area contributed by atoms with Gasteiger partial charge in [-0.05, 0) is 93.6 Å². The van der Waals surface area contributed by atoms with Crippen molar-refractivity contribution in [2.24, 2.45) is 5.41 Å². The molecule has 10 heteroatoms. The van der Waals surface area contributed by atoms with Crippen LogP contribution in [0.3, 0.4) is 0 Å². The van der Waals surface area contributed by atoms with Gasteiger partial charge >= 0.3 is 0 Å². The molecule has 2 aromatic carbocycles. The number of nitrogens with one attached hydrogen (secondary N) is 1. The Bertz CT molecular complexity index is 1780. The molecule has 3 heterocycles. The van der Waals surface area contributed by atoms with Crippen LogP contribution in [0.2, 0.25) is 0 Å². The molecule has 3 aromatic rings. The number of hydrogen-bond acceptors (Lipinski definition) is 6. The number of rotatable bonds is 6. The number of hydrogen-bond donors (Lipinski definition) is 1.